The fraction of sp³-hybridized carbons (Fsp3) is 0.417. The topological polar surface area (TPSA) is 81.4 Å². The highest BCUT2D eigenvalue weighted by Gasteiger charge is 2.22. The van der Waals surface area contributed by atoms with E-state index in [9.17, 15) is 8.42 Å². The predicted octanol–water partition coefficient (Wildman–Crippen LogP) is 0.701. The minimum absolute atomic E-state index is 0.139. The van der Waals surface area contributed by atoms with Crippen molar-refractivity contribution < 1.29 is 13.5 Å². The summed E-state index contributed by atoms with van der Waals surface area (Å²) in [6.07, 6.45) is 0. The smallest absolute Gasteiger partial charge is 0.218 e. The van der Waals surface area contributed by atoms with Gasteiger partial charge in [0.2, 0.25) is 10.0 Å². The molecule has 1 aromatic rings. The third-order valence-corrected chi connectivity index (χ3v) is 4.69. The van der Waals surface area contributed by atoms with Gasteiger partial charge in [-0.2, -0.15) is 9.57 Å². The summed E-state index contributed by atoms with van der Waals surface area (Å²) < 4.78 is 25.2. The highest BCUT2D eigenvalue weighted by molar-refractivity contribution is 7.88. The van der Waals surface area contributed by atoms with Gasteiger partial charge in [0.25, 0.3) is 0 Å². The zero-order valence-corrected chi connectivity index (χ0v) is 11.2. The molecule has 0 amide bonds. The monoisotopic (exact) mass is 268 g/mol. The average molecular weight is 268 g/mol. The van der Waals surface area contributed by atoms with Crippen LogP contribution in [0.2, 0.25) is 0 Å². The molecule has 1 rings (SSSR count). The lowest BCUT2D eigenvalue weighted by molar-refractivity contribution is 0.213. The predicted molar refractivity (Wildman–Crippen MR) is 68.1 cm³/mol. The Labute approximate surface area is 107 Å². The molecule has 0 aliphatic rings. The Morgan fingerprint density at radius 3 is 2.39 bits per heavy atom. The molecule has 0 aromatic heterocycles. The van der Waals surface area contributed by atoms with Crippen LogP contribution < -0.4 is 0 Å². The van der Waals surface area contributed by atoms with Crippen molar-refractivity contribution in [2.24, 2.45) is 0 Å². The molecule has 0 radical (unpaired) electrons. The largest absolute Gasteiger partial charge is 0.395 e. The van der Waals surface area contributed by atoms with Crippen molar-refractivity contribution >= 4 is 10.0 Å². The standard InChI is InChI=1S/C12H16N2O3S/c1-10(8-15)14(2)18(16,17)9-12-5-3-11(7-13)4-6-12/h3-6,10,15H,8-9H2,1-2H3. The molecule has 0 aliphatic carbocycles. The second kappa shape index (κ2) is 5.96. The van der Waals surface area contributed by atoms with E-state index in [0.29, 0.717) is 11.1 Å². The lowest BCUT2D eigenvalue weighted by atomic mass is 10.2. The summed E-state index contributed by atoms with van der Waals surface area (Å²) in [5, 5.41) is 17.6. The summed E-state index contributed by atoms with van der Waals surface area (Å²) in [5.41, 5.74) is 1.11. The molecule has 98 valence electrons. The summed E-state index contributed by atoms with van der Waals surface area (Å²) in [7, 11) is -2.01. The molecule has 0 saturated heterocycles. The molecular formula is C12H16N2O3S. The molecule has 1 N–H and O–H groups in total. The van der Waals surface area contributed by atoms with Crippen molar-refractivity contribution in [3.8, 4) is 6.07 Å². The minimum atomic E-state index is -3.45. The minimum Gasteiger partial charge on any atom is -0.395 e. The van der Waals surface area contributed by atoms with E-state index in [2.05, 4.69) is 0 Å². The van der Waals surface area contributed by atoms with Gasteiger partial charge in [0.15, 0.2) is 0 Å². The van der Waals surface area contributed by atoms with Crippen LogP contribution in [0.15, 0.2) is 24.3 Å². The Bertz CT molecular complexity index is 531. The summed E-state index contributed by atoms with van der Waals surface area (Å²) in [6, 6.07) is 7.93. The molecule has 0 spiro atoms. The number of likely N-dealkylation sites (N-methyl/N-ethyl adjacent to an activating group) is 1. The lowest BCUT2D eigenvalue weighted by Gasteiger charge is -2.22. The van der Waals surface area contributed by atoms with E-state index in [-0.39, 0.29) is 12.4 Å². The van der Waals surface area contributed by atoms with Gasteiger partial charge in [-0.25, -0.2) is 8.42 Å². The van der Waals surface area contributed by atoms with Crippen molar-refractivity contribution in [3.63, 3.8) is 0 Å². The van der Waals surface area contributed by atoms with E-state index in [1.54, 1.807) is 31.2 Å². The van der Waals surface area contributed by atoms with Gasteiger partial charge in [-0.05, 0) is 24.6 Å². The summed E-state index contributed by atoms with van der Waals surface area (Å²) in [6.45, 7) is 1.42. The van der Waals surface area contributed by atoms with E-state index >= 15 is 0 Å². The van der Waals surface area contributed by atoms with Crippen LogP contribution in [0.1, 0.15) is 18.1 Å². The van der Waals surface area contributed by atoms with Crippen LogP contribution in [0.25, 0.3) is 0 Å². The van der Waals surface area contributed by atoms with Gasteiger partial charge in [0, 0.05) is 13.1 Å². The summed E-state index contributed by atoms with van der Waals surface area (Å²) in [5.74, 6) is -0.139. The first kappa shape index (κ1) is 14.6. The Morgan fingerprint density at radius 2 is 1.94 bits per heavy atom. The average Bonchev–Trinajstić information content (AvgIpc) is 2.37. The molecule has 0 bridgehead atoms. The Morgan fingerprint density at radius 1 is 1.39 bits per heavy atom. The number of hydrogen-bond acceptors (Lipinski definition) is 4. The number of nitrogens with zero attached hydrogens (tertiary/aromatic N) is 2. The van der Waals surface area contributed by atoms with E-state index < -0.39 is 16.1 Å². The van der Waals surface area contributed by atoms with Crippen LogP contribution >= 0.6 is 0 Å². The first-order chi connectivity index (χ1) is 8.40. The fourth-order valence-corrected chi connectivity index (χ4v) is 2.81. The van der Waals surface area contributed by atoms with Crippen LogP contribution in [0, 0.1) is 11.3 Å². The number of benzene rings is 1. The third-order valence-electron chi connectivity index (χ3n) is 2.76. The maximum atomic E-state index is 12.0. The third kappa shape index (κ3) is 3.53. The van der Waals surface area contributed by atoms with Gasteiger partial charge >= 0.3 is 0 Å². The lowest BCUT2D eigenvalue weighted by Crippen LogP contribution is -2.38. The van der Waals surface area contributed by atoms with Crippen molar-refractivity contribution in [1.29, 1.82) is 5.26 Å². The number of sulfonamides is 1. The Kier molecular flexibility index (Phi) is 4.84. The van der Waals surface area contributed by atoms with Crippen LogP contribution in [0.4, 0.5) is 0 Å². The van der Waals surface area contributed by atoms with E-state index in [4.69, 9.17) is 10.4 Å². The number of aliphatic hydroxyl groups is 1. The van der Waals surface area contributed by atoms with Gasteiger partial charge in [0.05, 0.1) is 24.0 Å². The van der Waals surface area contributed by atoms with Crippen LogP contribution in [-0.2, 0) is 15.8 Å². The van der Waals surface area contributed by atoms with Crippen LogP contribution in [0.3, 0.4) is 0 Å². The molecule has 0 fully saturated rings. The van der Waals surface area contributed by atoms with Gasteiger partial charge in [0.1, 0.15) is 0 Å². The highest BCUT2D eigenvalue weighted by Crippen LogP contribution is 2.12. The van der Waals surface area contributed by atoms with Crippen LogP contribution in [-0.4, -0.2) is 37.5 Å². The van der Waals surface area contributed by atoms with E-state index in [1.165, 1.54) is 7.05 Å². The Balaban J connectivity index is 2.85. The second-order valence-corrected chi connectivity index (χ2v) is 6.14. The molecule has 1 atom stereocenters. The van der Waals surface area contributed by atoms with Crippen molar-refractivity contribution in [1.82, 2.24) is 4.31 Å². The zero-order valence-electron chi connectivity index (χ0n) is 10.4. The molecule has 0 saturated carbocycles. The maximum Gasteiger partial charge on any atom is 0.218 e. The van der Waals surface area contributed by atoms with Gasteiger partial charge in [-0.15, -0.1) is 0 Å². The van der Waals surface area contributed by atoms with Crippen molar-refractivity contribution in [2.45, 2.75) is 18.7 Å². The number of nitriles is 1. The number of aliphatic hydroxyl groups excluding tert-OH is 1. The van der Waals surface area contributed by atoms with Gasteiger partial charge in [-0.3, -0.25) is 0 Å². The second-order valence-electron chi connectivity index (χ2n) is 4.11. The first-order valence-electron chi connectivity index (χ1n) is 5.46. The Hall–Kier alpha value is -1.42. The molecular weight excluding hydrogens is 252 g/mol. The first-order valence-corrected chi connectivity index (χ1v) is 7.07. The van der Waals surface area contributed by atoms with E-state index in [1.807, 2.05) is 6.07 Å². The molecule has 5 nitrogen and oxygen atoms in total. The molecule has 1 aromatic carbocycles. The molecule has 0 heterocycles. The number of hydrogen-bond donors (Lipinski definition) is 1. The van der Waals surface area contributed by atoms with Crippen molar-refractivity contribution in [2.75, 3.05) is 13.7 Å². The SMILES string of the molecule is CC(CO)N(C)S(=O)(=O)Cc1ccc(C#N)cc1. The quantitative estimate of drug-likeness (QED) is 0.852. The number of rotatable bonds is 5. The molecule has 6 heteroatoms. The molecule has 1 unspecified atom stereocenters. The van der Waals surface area contributed by atoms with Gasteiger partial charge < -0.3 is 5.11 Å². The van der Waals surface area contributed by atoms with Gasteiger partial charge in [-0.1, -0.05) is 12.1 Å². The summed E-state index contributed by atoms with van der Waals surface area (Å²) >= 11 is 0. The highest BCUT2D eigenvalue weighted by atomic mass is 32.2. The fourth-order valence-electron chi connectivity index (χ4n) is 1.38. The van der Waals surface area contributed by atoms with Crippen molar-refractivity contribution in [3.05, 3.63) is 35.4 Å². The maximum absolute atomic E-state index is 12.0. The normalized spacial score (nSPS) is 13.3. The summed E-state index contributed by atoms with van der Waals surface area (Å²) in [4.78, 5) is 0. The molecule has 18 heavy (non-hydrogen) atoms. The zero-order chi connectivity index (χ0) is 13.8. The molecule has 0 aliphatic heterocycles. The van der Waals surface area contributed by atoms with Crippen LogP contribution in [0.5, 0.6) is 0 Å². The van der Waals surface area contributed by atoms with E-state index in [0.717, 1.165) is 4.31 Å².